The van der Waals surface area contributed by atoms with Crippen molar-refractivity contribution in [3.8, 4) is 5.75 Å². The summed E-state index contributed by atoms with van der Waals surface area (Å²) in [6.07, 6.45) is 0.696. The molecule has 7 heteroatoms. The molecule has 126 valence electrons. The van der Waals surface area contributed by atoms with E-state index < -0.39 is 10.4 Å². The van der Waals surface area contributed by atoms with Crippen LogP contribution in [0.3, 0.4) is 0 Å². The van der Waals surface area contributed by atoms with E-state index in [9.17, 15) is 8.42 Å². The summed E-state index contributed by atoms with van der Waals surface area (Å²) in [4.78, 5) is 2.36. The van der Waals surface area contributed by atoms with Crippen molar-refractivity contribution in [2.45, 2.75) is 12.5 Å². The Kier molecular flexibility index (Phi) is 3.71. The van der Waals surface area contributed by atoms with Gasteiger partial charge in [-0.3, -0.25) is 4.55 Å². The molecule has 1 fully saturated rings. The van der Waals surface area contributed by atoms with Gasteiger partial charge in [0.05, 0.1) is 6.04 Å². The van der Waals surface area contributed by atoms with Gasteiger partial charge >= 0.3 is 10.4 Å². The molecule has 2 aliphatic rings. The number of nitrogens with zero attached hydrogens (tertiary/aromatic N) is 1. The summed E-state index contributed by atoms with van der Waals surface area (Å²) in [7, 11) is -4.52. The fourth-order valence-electron chi connectivity index (χ4n) is 3.65. The minimum absolute atomic E-state index is 0.127. The van der Waals surface area contributed by atoms with E-state index in [0.717, 1.165) is 30.9 Å². The van der Waals surface area contributed by atoms with Gasteiger partial charge in [0.2, 0.25) is 0 Å². The zero-order valence-electron chi connectivity index (χ0n) is 13.0. The molecule has 0 aliphatic carbocycles. The van der Waals surface area contributed by atoms with Crippen LogP contribution in [-0.4, -0.2) is 32.6 Å². The second-order valence-corrected chi connectivity index (χ2v) is 7.11. The summed E-state index contributed by atoms with van der Waals surface area (Å²) >= 11 is 0. The zero-order chi connectivity index (χ0) is 16.7. The van der Waals surface area contributed by atoms with Crippen molar-refractivity contribution in [3.63, 3.8) is 0 Å². The average molecular weight is 346 g/mol. The molecule has 2 aliphatic heterocycles. The molecule has 2 N–H and O–H groups in total. The van der Waals surface area contributed by atoms with Crippen LogP contribution in [-0.2, 0) is 16.8 Å². The van der Waals surface area contributed by atoms with Gasteiger partial charge in [-0.1, -0.05) is 24.3 Å². The van der Waals surface area contributed by atoms with Gasteiger partial charge in [0.25, 0.3) is 0 Å². The third-order valence-corrected chi connectivity index (χ3v) is 5.00. The molecule has 0 unspecified atom stereocenters. The molecular formula is C17H18N2O4S. The topological polar surface area (TPSA) is 78.9 Å². The Balaban J connectivity index is 1.83. The van der Waals surface area contributed by atoms with Crippen LogP contribution in [0.15, 0.2) is 42.5 Å². The molecule has 0 saturated carbocycles. The van der Waals surface area contributed by atoms with E-state index in [1.807, 2.05) is 12.1 Å². The summed E-state index contributed by atoms with van der Waals surface area (Å²) in [6, 6.07) is 13.7. The first kappa shape index (κ1) is 15.4. The first-order valence-electron chi connectivity index (χ1n) is 7.86. The lowest BCUT2D eigenvalue weighted by Crippen LogP contribution is -2.46. The summed E-state index contributed by atoms with van der Waals surface area (Å²) in [6.45, 7) is 2.66. The molecule has 1 saturated heterocycles. The predicted octanol–water partition coefficient (Wildman–Crippen LogP) is 1.92. The van der Waals surface area contributed by atoms with E-state index in [4.69, 9.17) is 4.55 Å². The molecule has 1 atom stereocenters. The Bertz CT molecular complexity index is 882. The second-order valence-electron chi connectivity index (χ2n) is 6.09. The van der Waals surface area contributed by atoms with Crippen LogP contribution >= 0.6 is 0 Å². The van der Waals surface area contributed by atoms with E-state index in [-0.39, 0.29) is 11.8 Å². The Labute approximate surface area is 141 Å². The summed E-state index contributed by atoms with van der Waals surface area (Å²) < 4.78 is 35.5. The van der Waals surface area contributed by atoms with E-state index in [1.54, 1.807) is 12.1 Å². The van der Waals surface area contributed by atoms with E-state index in [0.29, 0.717) is 6.42 Å². The molecule has 24 heavy (non-hydrogen) atoms. The summed E-state index contributed by atoms with van der Waals surface area (Å²) in [5.41, 5.74) is 4.59. The largest absolute Gasteiger partial charge is 0.446 e. The first-order chi connectivity index (χ1) is 11.5. The van der Waals surface area contributed by atoms with Gasteiger partial charge in [-0.2, -0.15) is 8.42 Å². The van der Waals surface area contributed by atoms with Gasteiger partial charge in [-0.05, 0) is 41.3 Å². The quantitative estimate of drug-likeness (QED) is 0.809. The molecule has 0 radical (unpaired) electrons. The molecule has 2 heterocycles. The molecule has 4 rings (SSSR count). The number of piperazine rings is 1. The first-order valence-corrected chi connectivity index (χ1v) is 9.23. The second kappa shape index (κ2) is 5.77. The minimum atomic E-state index is -4.52. The highest BCUT2D eigenvalue weighted by atomic mass is 32.3. The highest BCUT2D eigenvalue weighted by Crippen LogP contribution is 2.39. The van der Waals surface area contributed by atoms with Gasteiger partial charge < -0.3 is 14.4 Å². The maximum atomic E-state index is 11.0. The van der Waals surface area contributed by atoms with Crippen molar-refractivity contribution in [2.75, 3.05) is 24.5 Å². The standard InChI is InChI=1S/C17H18N2O4S/c20-24(21,22)23-14-5-6-16-13(10-14)9-12-3-1-2-4-15(12)17-11-18-7-8-19(16)17/h1-6,10,17-18H,7-9,11H2,(H,20,21,22)/t17-/m0/s1. The van der Waals surface area contributed by atoms with Crippen molar-refractivity contribution in [1.29, 1.82) is 0 Å². The van der Waals surface area contributed by atoms with Crippen LogP contribution in [0.25, 0.3) is 0 Å². The lowest BCUT2D eigenvalue weighted by atomic mass is 9.96. The third kappa shape index (κ3) is 2.86. The number of fused-ring (bicyclic) bond motifs is 5. The van der Waals surface area contributed by atoms with Crippen LogP contribution in [0.1, 0.15) is 22.7 Å². The lowest BCUT2D eigenvalue weighted by molar-refractivity contribution is 0.386. The number of hydrogen-bond donors (Lipinski definition) is 2. The van der Waals surface area contributed by atoms with Gasteiger partial charge in [0, 0.05) is 25.3 Å². The van der Waals surface area contributed by atoms with Crippen molar-refractivity contribution in [3.05, 3.63) is 59.2 Å². The zero-order valence-corrected chi connectivity index (χ0v) is 13.8. The fourth-order valence-corrected chi connectivity index (χ4v) is 4.00. The fraction of sp³-hybridized carbons (Fsp3) is 0.294. The Morgan fingerprint density at radius 1 is 1.17 bits per heavy atom. The van der Waals surface area contributed by atoms with Crippen LogP contribution in [0.2, 0.25) is 0 Å². The Morgan fingerprint density at radius 3 is 2.83 bits per heavy atom. The lowest BCUT2D eigenvalue weighted by Gasteiger charge is -2.38. The SMILES string of the molecule is O=S(=O)(O)Oc1ccc2c(c1)Cc1ccccc1[C@@H]1CNCCN21. The maximum Gasteiger partial charge on any atom is 0.446 e. The average Bonchev–Trinajstić information content (AvgIpc) is 2.67. The number of hydrogen-bond acceptors (Lipinski definition) is 5. The molecule has 2 aromatic rings. The molecule has 0 aromatic heterocycles. The molecular weight excluding hydrogens is 328 g/mol. The normalized spacial score (nSPS) is 19.7. The summed E-state index contributed by atoms with van der Waals surface area (Å²) in [5.74, 6) is 0.127. The van der Waals surface area contributed by atoms with Crippen molar-refractivity contribution in [2.24, 2.45) is 0 Å². The van der Waals surface area contributed by atoms with Crippen LogP contribution < -0.4 is 14.4 Å². The van der Waals surface area contributed by atoms with E-state index in [1.165, 1.54) is 11.1 Å². The number of rotatable bonds is 2. The maximum absolute atomic E-state index is 11.0. The van der Waals surface area contributed by atoms with Gasteiger partial charge in [-0.25, -0.2) is 0 Å². The van der Waals surface area contributed by atoms with Crippen molar-refractivity contribution >= 4 is 16.1 Å². The molecule has 0 amide bonds. The highest BCUT2D eigenvalue weighted by Gasteiger charge is 2.30. The summed E-state index contributed by atoms with van der Waals surface area (Å²) in [5, 5.41) is 3.45. The van der Waals surface area contributed by atoms with Crippen LogP contribution in [0.5, 0.6) is 5.75 Å². The van der Waals surface area contributed by atoms with E-state index >= 15 is 0 Å². The van der Waals surface area contributed by atoms with Crippen molar-refractivity contribution < 1.29 is 17.2 Å². The van der Waals surface area contributed by atoms with Crippen LogP contribution in [0, 0.1) is 0 Å². The van der Waals surface area contributed by atoms with E-state index in [2.05, 4.69) is 32.6 Å². The van der Waals surface area contributed by atoms with Crippen molar-refractivity contribution in [1.82, 2.24) is 5.32 Å². The smallest absolute Gasteiger partial charge is 0.362 e. The van der Waals surface area contributed by atoms with Gasteiger partial charge in [-0.15, -0.1) is 0 Å². The predicted molar refractivity (Wildman–Crippen MR) is 90.8 cm³/mol. The monoisotopic (exact) mass is 346 g/mol. The number of benzene rings is 2. The number of anilines is 1. The molecule has 6 nitrogen and oxygen atoms in total. The molecule has 0 spiro atoms. The molecule has 2 aromatic carbocycles. The van der Waals surface area contributed by atoms with Gasteiger partial charge in [0.15, 0.2) is 0 Å². The Morgan fingerprint density at radius 2 is 2.00 bits per heavy atom. The van der Waals surface area contributed by atoms with Gasteiger partial charge in [0.1, 0.15) is 5.75 Å². The highest BCUT2D eigenvalue weighted by molar-refractivity contribution is 7.81. The molecule has 0 bridgehead atoms. The minimum Gasteiger partial charge on any atom is -0.362 e. The van der Waals surface area contributed by atoms with Crippen LogP contribution in [0.4, 0.5) is 5.69 Å². The Hall–Kier alpha value is -2.09. The number of nitrogens with one attached hydrogen (secondary N) is 1. The third-order valence-electron chi connectivity index (χ3n) is 4.60.